The number of amidine groups is 1. The second-order valence-corrected chi connectivity index (χ2v) is 5.50. The van der Waals surface area contributed by atoms with Gasteiger partial charge >= 0.3 is 0 Å². The summed E-state index contributed by atoms with van der Waals surface area (Å²) in [4.78, 5) is 4.50. The third-order valence-electron chi connectivity index (χ3n) is 3.42. The number of hydrazone groups is 1. The van der Waals surface area contributed by atoms with E-state index in [1.165, 1.54) is 0 Å². The molecule has 0 fully saturated rings. The predicted octanol–water partition coefficient (Wildman–Crippen LogP) is 2.29. The Labute approximate surface area is 153 Å². The minimum Gasteiger partial charge on any atom is -0.480 e. The molecule has 4 N–H and O–H groups in total. The summed E-state index contributed by atoms with van der Waals surface area (Å²) in [5.41, 5.74) is 10.2. The van der Waals surface area contributed by atoms with Crippen LogP contribution in [0.2, 0.25) is 5.02 Å². The minimum absolute atomic E-state index is 0.240. The molecule has 3 aromatic rings. The number of nitrogens with zero attached hydrogens (tertiary/aromatic N) is 5. The van der Waals surface area contributed by atoms with E-state index in [4.69, 9.17) is 32.7 Å². The highest BCUT2D eigenvalue weighted by molar-refractivity contribution is 6.46. The number of hydrogen-bond donors (Lipinski definition) is 3. The lowest BCUT2D eigenvalue weighted by molar-refractivity contribution is 0.390. The number of anilines is 1. The summed E-state index contributed by atoms with van der Waals surface area (Å²) in [6.07, 6.45) is 1.75. The van der Waals surface area contributed by atoms with Crippen LogP contribution < -0.4 is 15.9 Å². The molecule has 3 rings (SSSR count). The molecule has 0 saturated carbocycles. The molecule has 0 bridgehead atoms. The van der Waals surface area contributed by atoms with Crippen molar-refractivity contribution in [3.8, 4) is 23.2 Å². The van der Waals surface area contributed by atoms with Crippen LogP contribution in [0.25, 0.3) is 16.9 Å². The highest BCUT2D eigenvalue weighted by atomic mass is 35.5. The van der Waals surface area contributed by atoms with Gasteiger partial charge in [0.2, 0.25) is 11.6 Å². The van der Waals surface area contributed by atoms with Crippen LogP contribution in [0.5, 0.6) is 5.88 Å². The zero-order valence-electron chi connectivity index (χ0n) is 13.6. The molecule has 0 unspecified atom stereocenters. The summed E-state index contributed by atoms with van der Waals surface area (Å²) in [5.74, 6) is 0.0372. The quantitative estimate of drug-likeness (QED) is 0.359. The molecule has 130 valence electrons. The second-order valence-electron chi connectivity index (χ2n) is 5.10. The van der Waals surface area contributed by atoms with Crippen LogP contribution >= 0.6 is 11.6 Å². The zero-order valence-corrected chi connectivity index (χ0v) is 14.3. The number of nitrogens with two attached hydrogens (primary N) is 1. The number of rotatable bonds is 5. The van der Waals surface area contributed by atoms with Crippen molar-refractivity contribution in [2.45, 2.75) is 0 Å². The van der Waals surface area contributed by atoms with Crippen LogP contribution in [0.15, 0.2) is 41.6 Å². The molecule has 0 atom stereocenters. The van der Waals surface area contributed by atoms with Gasteiger partial charge in [0.1, 0.15) is 6.07 Å². The van der Waals surface area contributed by atoms with Crippen LogP contribution in [-0.2, 0) is 0 Å². The second kappa shape index (κ2) is 7.08. The summed E-state index contributed by atoms with van der Waals surface area (Å²) in [7, 11) is 1.54. The molecule has 10 heteroatoms. The van der Waals surface area contributed by atoms with Crippen molar-refractivity contribution in [3.05, 3.63) is 41.6 Å². The van der Waals surface area contributed by atoms with Crippen molar-refractivity contribution in [2.24, 2.45) is 10.8 Å². The molecule has 0 amide bonds. The molecule has 0 radical (unpaired) electrons. The van der Waals surface area contributed by atoms with Gasteiger partial charge in [-0.15, -0.1) is 5.10 Å². The number of ether oxygens (including phenoxy) is 1. The summed E-state index contributed by atoms with van der Waals surface area (Å²) >= 11 is 6.15. The van der Waals surface area contributed by atoms with E-state index in [0.29, 0.717) is 27.9 Å². The topological polar surface area (TPSA) is 137 Å². The Hall–Kier alpha value is -3.64. The largest absolute Gasteiger partial charge is 0.480 e. The van der Waals surface area contributed by atoms with Gasteiger partial charge in [-0.3, -0.25) is 10.8 Å². The molecule has 26 heavy (non-hydrogen) atoms. The molecule has 1 aromatic carbocycles. The fourth-order valence-corrected chi connectivity index (χ4v) is 2.30. The summed E-state index contributed by atoms with van der Waals surface area (Å²) in [6, 6.07) is 10.4. The first-order chi connectivity index (χ1) is 12.5. The molecular formula is C16H13ClN8O. The Bertz CT molecular complexity index is 1070. The number of imidazole rings is 1. The van der Waals surface area contributed by atoms with Gasteiger partial charge in [-0.05, 0) is 18.2 Å². The highest BCUT2D eigenvalue weighted by Crippen LogP contribution is 2.28. The van der Waals surface area contributed by atoms with Crippen molar-refractivity contribution >= 4 is 34.5 Å². The molecule has 0 aliphatic heterocycles. The smallest absolute Gasteiger partial charge is 0.231 e. The van der Waals surface area contributed by atoms with Gasteiger partial charge in [-0.1, -0.05) is 17.7 Å². The van der Waals surface area contributed by atoms with Crippen molar-refractivity contribution < 1.29 is 4.74 Å². The molecule has 0 aliphatic carbocycles. The Morgan fingerprint density at radius 2 is 2.23 bits per heavy atom. The maximum absolute atomic E-state index is 8.90. The molecule has 0 spiro atoms. The Kier molecular flexibility index (Phi) is 4.68. The van der Waals surface area contributed by atoms with Gasteiger partial charge in [0, 0.05) is 11.6 Å². The van der Waals surface area contributed by atoms with Crippen LogP contribution in [0, 0.1) is 16.7 Å². The predicted molar refractivity (Wildman–Crippen MR) is 98.6 cm³/mol. The zero-order chi connectivity index (χ0) is 18.7. The molecule has 0 aliphatic rings. The van der Waals surface area contributed by atoms with E-state index in [9.17, 15) is 0 Å². The number of nitriles is 1. The maximum atomic E-state index is 8.90. The van der Waals surface area contributed by atoms with Crippen LogP contribution in [0.4, 0.5) is 5.69 Å². The summed E-state index contributed by atoms with van der Waals surface area (Å²) in [6.45, 7) is 0. The number of hydrogen-bond acceptors (Lipinski definition) is 7. The summed E-state index contributed by atoms with van der Waals surface area (Å²) in [5, 5.41) is 24.6. The third-order valence-corrected chi connectivity index (χ3v) is 3.75. The first-order valence-electron chi connectivity index (χ1n) is 7.30. The van der Waals surface area contributed by atoms with E-state index in [1.54, 1.807) is 54.2 Å². The number of aromatic nitrogens is 3. The van der Waals surface area contributed by atoms with Gasteiger partial charge in [-0.25, -0.2) is 9.50 Å². The number of benzene rings is 1. The Balaban J connectivity index is 1.97. The number of methoxy groups -OCH3 is 1. The van der Waals surface area contributed by atoms with Gasteiger partial charge in [0.15, 0.2) is 11.5 Å². The van der Waals surface area contributed by atoms with E-state index >= 15 is 0 Å². The maximum Gasteiger partial charge on any atom is 0.231 e. The lowest BCUT2D eigenvalue weighted by Gasteiger charge is -2.06. The number of nitrogens with one attached hydrogen (secondary N) is 2. The Morgan fingerprint density at radius 1 is 1.42 bits per heavy atom. The Morgan fingerprint density at radius 3 is 2.92 bits per heavy atom. The van der Waals surface area contributed by atoms with Crippen molar-refractivity contribution in [2.75, 3.05) is 12.5 Å². The first kappa shape index (κ1) is 17.2. The summed E-state index contributed by atoms with van der Waals surface area (Å²) < 4.78 is 6.71. The molecule has 9 nitrogen and oxygen atoms in total. The number of fused-ring (bicyclic) bond motifs is 1. The van der Waals surface area contributed by atoms with E-state index in [2.05, 4.69) is 20.6 Å². The first-order valence-corrected chi connectivity index (χ1v) is 7.68. The monoisotopic (exact) mass is 368 g/mol. The van der Waals surface area contributed by atoms with E-state index < -0.39 is 5.84 Å². The fourth-order valence-electron chi connectivity index (χ4n) is 2.14. The standard InChI is InChI=1S/C16H13ClN8O/c1-26-15-5-4-14-21-13(8-25(14)24-15)9-2-3-10(17)11(6-9)22-23-12(7-18)16(19)20/h2-6,8,22H,1H3,(H3,19,20)/b23-12+. The van der Waals surface area contributed by atoms with Crippen LogP contribution in [-0.4, -0.2) is 33.3 Å². The van der Waals surface area contributed by atoms with Gasteiger partial charge in [0.05, 0.1) is 29.7 Å². The molecule has 2 heterocycles. The van der Waals surface area contributed by atoms with Crippen molar-refractivity contribution in [1.82, 2.24) is 14.6 Å². The lowest BCUT2D eigenvalue weighted by atomic mass is 10.1. The van der Waals surface area contributed by atoms with Gasteiger partial charge < -0.3 is 10.5 Å². The van der Waals surface area contributed by atoms with Crippen LogP contribution in [0.3, 0.4) is 0 Å². The fraction of sp³-hybridized carbons (Fsp3) is 0.0625. The van der Waals surface area contributed by atoms with E-state index in [0.717, 1.165) is 5.56 Å². The average Bonchev–Trinajstić information content (AvgIpc) is 3.06. The van der Waals surface area contributed by atoms with Crippen LogP contribution in [0.1, 0.15) is 0 Å². The van der Waals surface area contributed by atoms with E-state index in [1.807, 2.05) is 0 Å². The average molecular weight is 369 g/mol. The SMILES string of the molecule is COc1ccc2nc(-c3ccc(Cl)c(N/N=C(\C#N)C(=N)N)c3)cn2n1. The third kappa shape index (κ3) is 3.40. The van der Waals surface area contributed by atoms with E-state index in [-0.39, 0.29) is 5.71 Å². The van der Waals surface area contributed by atoms with Crippen molar-refractivity contribution in [3.63, 3.8) is 0 Å². The minimum atomic E-state index is -0.437. The van der Waals surface area contributed by atoms with Gasteiger partial charge in [0.25, 0.3) is 0 Å². The highest BCUT2D eigenvalue weighted by Gasteiger charge is 2.09. The molecular weight excluding hydrogens is 356 g/mol. The molecule has 2 aromatic heterocycles. The normalized spacial score (nSPS) is 11.2. The number of halogens is 1. The van der Waals surface area contributed by atoms with Crippen molar-refractivity contribution in [1.29, 1.82) is 10.7 Å². The lowest BCUT2D eigenvalue weighted by Crippen LogP contribution is -2.21. The van der Waals surface area contributed by atoms with Gasteiger partial charge in [-0.2, -0.15) is 10.4 Å². The molecule has 0 saturated heterocycles.